The van der Waals surface area contributed by atoms with E-state index in [1.807, 2.05) is 30.9 Å². The summed E-state index contributed by atoms with van der Waals surface area (Å²) < 4.78 is 6.01. The van der Waals surface area contributed by atoms with Gasteiger partial charge in [-0.25, -0.2) is 0 Å². The molecule has 0 spiro atoms. The zero-order valence-corrected chi connectivity index (χ0v) is 13.6. The molecule has 2 rings (SSSR count). The molecule has 1 atom stereocenters. The molecule has 1 aliphatic heterocycles. The first-order valence-corrected chi connectivity index (χ1v) is 7.73. The summed E-state index contributed by atoms with van der Waals surface area (Å²) >= 11 is 0. The molecule has 1 amide bonds. The standard InChI is InChI=1S/C17H26N2O2/c1-5-15(17(20)19-11-9-18(4)10-12-19)21-16-8-6-7-13(2)14(16)3/h6-8,15H,5,9-12H2,1-4H3/t15-/m1/s1. The fourth-order valence-corrected chi connectivity index (χ4v) is 2.54. The highest BCUT2D eigenvalue weighted by Crippen LogP contribution is 2.23. The third-order valence-corrected chi connectivity index (χ3v) is 4.29. The van der Waals surface area contributed by atoms with E-state index < -0.39 is 0 Å². The molecule has 1 aliphatic rings. The van der Waals surface area contributed by atoms with Crippen molar-refractivity contribution in [1.29, 1.82) is 0 Å². The number of benzene rings is 1. The lowest BCUT2D eigenvalue weighted by Gasteiger charge is -2.34. The van der Waals surface area contributed by atoms with E-state index >= 15 is 0 Å². The SMILES string of the molecule is CC[C@@H](Oc1cccc(C)c1C)C(=O)N1CCN(C)CC1. The lowest BCUT2D eigenvalue weighted by Crippen LogP contribution is -2.51. The molecule has 1 fully saturated rings. The molecule has 0 aromatic heterocycles. The Morgan fingerprint density at radius 3 is 2.52 bits per heavy atom. The van der Waals surface area contributed by atoms with Crippen LogP contribution in [0.4, 0.5) is 0 Å². The van der Waals surface area contributed by atoms with E-state index in [1.54, 1.807) is 0 Å². The maximum atomic E-state index is 12.6. The Balaban J connectivity index is 2.05. The van der Waals surface area contributed by atoms with Crippen molar-refractivity contribution >= 4 is 5.91 Å². The number of amides is 1. The first kappa shape index (κ1) is 15.8. The quantitative estimate of drug-likeness (QED) is 0.852. The smallest absolute Gasteiger partial charge is 0.263 e. The number of rotatable bonds is 4. The molecule has 0 aliphatic carbocycles. The number of hydrogen-bond donors (Lipinski definition) is 0. The van der Waals surface area contributed by atoms with Crippen molar-refractivity contribution in [2.45, 2.75) is 33.3 Å². The molecule has 1 aromatic rings. The van der Waals surface area contributed by atoms with Gasteiger partial charge in [0.2, 0.25) is 0 Å². The number of nitrogens with zero attached hydrogens (tertiary/aromatic N) is 2. The first-order valence-electron chi connectivity index (χ1n) is 7.73. The summed E-state index contributed by atoms with van der Waals surface area (Å²) in [5, 5.41) is 0. The molecule has 4 heteroatoms. The summed E-state index contributed by atoms with van der Waals surface area (Å²) in [7, 11) is 2.09. The van der Waals surface area contributed by atoms with Crippen LogP contribution in [0.1, 0.15) is 24.5 Å². The second kappa shape index (κ2) is 6.94. The predicted octanol–water partition coefficient (Wildman–Crippen LogP) is 2.23. The fourth-order valence-electron chi connectivity index (χ4n) is 2.54. The predicted molar refractivity (Wildman–Crippen MR) is 84.7 cm³/mol. The Morgan fingerprint density at radius 2 is 1.90 bits per heavy atom. The van der Waals surface area contributed by atoms with Crippen molar-refractivity contribution in [2.24, 2.45) is 0 Å². The number of aryl methyl sites for hydroxylation is 1. The van der Waals surface area contributed by atoms with Crippen LogP contribution >= 0.6 is 0 Å². The Morgan fingerprint density at radius 1 is 1.24 bits per heavy atom. The highest BCUT2D eigenvalue weighted by Gasteiger charge is 2.27. The second-order valence-corrected chi connectivity index (χ2v) is 5.84. The van der Waals surface area contributed by atoms with Gasteiger partial charge in [0.25, 0.3) is 5.91 Å². The van der Waals surface area contributed by atoms with E-state index in [1.165, 1.54) is 5.56 Å². The van der Waals surface area contributed by atoms with Crippen molar-refractivity contribution in [3.63, 3.8) is 0 Å². The molecule has 116 valence electrons. The molecule has 0 saturated carbocycles. The van der Waals surface area contributed by atoms with Gasteiger partial charge in [-0.15, -0.1) is 0 Å². The minimum absolute atomic E-state index is 0.117. The Hall–Kier alpha value is -1.55. The highest BCUT2D eigenvalue weighted by molar-refractivity contribution is 5.81. The van der Waals surface area contributed by atoms with Gasteiger partial charge in [-0.2, -0.15) is 0 Å². The van der Waals surface area contributed by atoms with Gasteiger partial charge in [0, 0.05) is 26.2 Å². The number of piperazine rings is 1. The summed E-state index contributed by atoms with van der Waals surface area (Å²) in [6.07, 6.45) is 0.312. The van der Waals surface area contributed by atoms with Crippen LogP contribution in [0.5, 0.6) is 5.75 Å². The number of ether oxygens (including phenoxy) is 1. The van der Waals surface area contributed by atoms with Gasteiger partial charge in [0.1, 0.15) is 5.75 Å². The molecule has 0 N–H and O–H groups in total. The normalized spacial score (nSPS) is 17.6. The number of carbonyl (C=O) groups excluding carboxylic acids is 1. The summed E-state index contributed by atoms with van der Waals surface area (Å²) in [6, 6.07) is 5.98. The van der Waals surface area contributed by atoms with Crippen LogP contribution in [-0.4, -0.2) is 55.0 Å². The summed E-state index contributed by atoms with van der Waals surface area (Å²) in [6.45, 7) is 9.56. The zero-order chi connectivity index (χ0) is 15.4. The van der Waals surface area contributed by atoms with Crippen molar-refractivity contribution in [2.75, 3.05) is 33.2 Å². The molecule has 1 heterocycles. The van der Waals surface area contributed by atoms with Crippen molar-refractivity contribution < 1.29 is 9.53 Å². The number of likely N-dealkylation sites (N-methyl/N-ethyl adjacent to an activating group) is 1. The van der Waals surface area contributed by atoms with Crippen molar-refractivity contribution in [3.8, 4) is 5.75 Å². The van der Waals surface area contributed by atoms with Gasteiger partial charge in [0.15, 0.2) is 6.10 Å². The zero-order valence-electron chi connectivity index (χ0n) is 13.6. The third kappa shape index (κ3) is 3.76. The monoisotopic (exact) mass is 290 g/mol. The average Bonchev–Trinajstić information content (AvgIpc) is 2.49. The van der Waals surface area contributed by atoms with Gasteiger partial charge < -0.3 is 14.5 Å². The Bertz CT molecular complexity index is 494. The lowest BCUT2D eigenvalue weighted by atomic mass is 10.1. The summed E-state index contributed by atoms with van der Waals surface area (Å²) in [5.41, 5.74) is 2.30. The fraction of sp³-hybridized carbons (Fsp3) is 0.588. The maximum absolute atomic E-state index is 12.6. The summed E-state index contributed by atoms with van der Waals surface area (Å²) in [5.74, 6) is 0.941. The molecule has 0 unspecified atom stereocenters. The van der Waals surface area contributed by atoms with E-state index in [9.17, 15) is 4.79 Å². The maximum Gasteiger partial charge on any atom is 0.263 e. The second-order valence-electron chi connectivity index (χ2n) is 5.84. The number of carbonyl (C=O) groups is 1. The number of hydrogen-bond acceptors (Lipinski definition) is 3. The van der Waals surface area contributed by atoms with Crippen LogP contribution in [0.15, 0.2) is 18.2 Å². The average molecular weight is 290 g/mol. The largest absolute Gasteiger partial charge is 0.480 e. The summed E-state index contributed by atoms with van der Waals surface area (Å²) in [4.78, 5) is 16.8. The van der Waals surface area contributed by atoms with E-state index in [0.29, 0.717) is 6.42 Å². The van der Waals surface area contributed by atoms with Crippen LogP contribution in [0, 0.1) is 13.8 Å². The molecule has 21 heavy (non-hydrogen) atoms. The Kier molecular flexibility index (Phi) is 5.23. The molecule has 0 radical (unpaired) electrons. The van der Waals surface area contributed by atoms with Gasteiger partial charge in [-0.1, -0.05) is 19.1 Å². The Labute approximate surface area is 127 Å². The minimum Gasteiger partial charge on any atom is -0.480 e. The molecular formula is C17H26N2O2. The van der Waals surface area contributed by atoms with E-state index in [0.717, 1.165) is 37.5 Å². The van der Waals surface area contributed by atoms with Gasteiger partial charge in [-0.3, -0.25) is 4.79 Å². The lowest BCUT2D eigenvalue weighted by molar-refractivity contribution is -0.140. The van der Waals surface area contributed by atoms with Crippen LogP contribution in [-0.2, 0) is 4.79 Å². The van der Waals surface area contributed by atoms with E-state index in [4.69, 9.17) is 4.74 Å². The molecule has 1 saturated heterocycles. The molecule has 4 nitrogen and oxygen atoms in total. The van der Waals surface area contributed by atoms with Crippen molar-refractivity contribution in [1.82, 2.24) is 9.80 Å². The van der Waals surface area contributed by atoms with Crippen LogP contribution in [0.25, 0.3) is 0 Å². The van der Waals surface area contributed by atoms with Gasteiger partial charge in [0.05, 0.1) is 0 Å². The van der Waals surface area contributed by atoms with E-state index in [-0.39, 0.29) is 12.0 Å². The van der Waals surface area contributed by atoms with Gasteiger partial charge >= 0.3 is 0 Å². The van der Waals surface area contributed by atoms with Gasteiger partial charge in [-0.05, 0) is 44.5 Å². The van der Waals surface area contributed by atoms with Crippen LogP contribution in [0.3, 0.4) is 0 Å². The molecule has 0 bridgehead atoms. The molecular weight excluding hydrogens is 264 g/mol. The van der Waals surface area contributed by atoms with E-state index in [2.05, 4.69) is 24.9 Å². The topological polar surface area (TPSA) is 32.8 Å². The highest BCUT2D eigenvalue weighted by atomic mass is 16.5. The van der Waals surface area contributed by atoms with Crippen molar-refractivity contribution in [3.05, 3.63) is 29.3 Å². The first-order chi connectivity index (χ1) is 10.0. The molecule has 1 aromatic carbocycles. The minimum atomic E-state index is -0.381. The van der Waals surface area contributed by atoms with Crippen LogP contribution in [0.2, 0.25) is 0 Å². The third-order valence-electron chi connectivity index (χ3n) is 4.29. The van der Waals surface area contributed by atoms with Crippen LogP contribution < -0.4 is 4.74 Å².